The smallest absolute Gasteiger partial charge is 0.315 e. The molecule has 5 nitrogen and oxygen atoms in total. The Morgan fingerprint density at radius 3 is 2.32 bits per heavy atom. The lowest BCUT2D eigenvalue weighted by Crippen LogP contribution is -2.26. The van der Waals surface area contributed by atoms with Gasteiger partial charge in [0.05, 0.1) is 13.0 Å². The normalized spacial score (nSPS) is 24.9. The second-order valence-corrected chi connectivity index (χ2v) is 4.94. The Morgan fingerprint density at radius 1 is 1.26 bits per heavy atom. The summed E-state index contributed by atoms with van der Waals surface area (Å²) in [5.74, 6) is -2.31. The maximum Gasteiger partial charge on any atom is 0.315 e. The Labute approximate surface area is 110 Å². The van der Waals surface area contributed by atoms with Gasteiger partial charge in [-0.15, -0.1) is 0 Å². The number of aliphatic carboxylic acids is 2. The zero-order valence-corrected chi connectivity index (χ0v) is 11.1. The van der Waals surface area contributed by atoms with Gasteiger partial charge in [-0.25, -0.2) is 0 Å². The quantitative estimate of drug-likeness (QED) is 0.865. The summed E-state index contributed by atoms with van der Waals surface area (Å²) in [6.07, 6.45) is 0.143. The molecule has 0 spiro atoms. The fourth-order valence-corrected chi connectivity index (χ4v) is 2.71. The lowest BCUT2D eigenvalue weighted by molar-refractivity contribution is -0.145. The standard InChI is InChI=1S/C14H16O5/c1-7-8(2)11(19-3)5-4-9(7)14(13(17)18)6-10(14)12(15)16/h4-5,10H,6H2,1-3H3,(H,15,16)(H,17,18). The average molecular weight is 264 g/mol. The fraction of sp³-hybridized carbons (Fsp3) is 0.429. The van der Waals surface area contributed by atoms with Crippen LogP contribution in [0.3, 0.4) is 0 Å². The SMILES string of the molecule is COc1ccc(C2(C(=O)O)CC2C(=O)O)c(C)c1C. The van der Waals surface area contributed by atoms with Gasteiger partial charge in [0.15, 0.2) is 0 Å². The number of methoxy groups -OCH3 is 1. The highest BCUT2D eigenvalue weighted by Gasteiger charge is 2.66. The van der Waals surface area contributed by atoms with Crippen molar-refractivity contribution in [1.29, 1.82) is 0 Å². The zero-order chi connectivity index (χ0) is 14.4. The molecule has 2 rings (SSSR count). The third-order valence-electron chi connectivity index (χ3n) is 4.08. The highest BCUT2D eigenvalue weighted by molar-refractivity contribution is 5.95. The Balaban J connectivity index is 2.55. The number of carboxylic acid groups (broad SMARTS) is 2. The van der Waals surface area contributed by atoms with E-state index in [9.17, 15) is 14.7 Å². The summed E-state index contributed by atoms with van der Waals surface area (Å²) in [4.78, 5) is 22.6. The van der Waals surface area contributed by atoms with Crippen LogP contribution >= 0.6 is 0 Å². The van der Waals surface area contributed by atoms with Crippen molar-refractivity contribution >= 4 is 11.9 Å². The number of hydrogen-bond donors (Lipinski definition) is 2. The van der Waals surface area contributed by atoms with Crippen molar-refractivity contribution in [3.63, 3.8) is 0 Å². The molecule has 0 aromatic heterocycles. The fourth-order valence-electron chi connectivity index (χ4n) is 2.71. The number of rotatable bonds is 4. The third-order valence-corrected chi connectivity index (χ3v) is 4.08. The van der Waals surface area contributed by atoms with Crippen LogP contribution in [0.1, 0.15) is 23.1 Å². The van der Waals surface area contributed by atoms with Gasteiger partial charge in [-0.3, -0.25) is 9.59 Å². The molecule has 0 aliphatic heterocycles. The van der Waals surface area contributed by atoms with Crippen LogP contribution < -0.4 is 4.74 Å². The zero-order valence-electron chi connectivity index (χ0n) is 11.1. The van der Waals surface area contributed by atoms with E-state index in [-0.39, 0.29) is 6.42 Å². The van der Waals surface area contributed by atoms with Gasteiger partial charge < -0.3 is 14.9 Å². The second-order valence-electron chi connectivity index (χ2n) is 4.94. The summed E-state index contributed by atoms with van der Waals surface area (Å²) in [5, 5.41) is 18.5. The monoisotopic (exact) mass is 264 g/mol. The van der Waals surface area contributed by atoms with Gasteiger partial charge in [0.2, 0.25) is 0 Å². The molecule has 19 heavy (non-hydrogen) atoms. The van der Waals surface area contributed by atoms with Crippen molar-refractivity contribution in [3.05, 3.63) is 28.8 Å². The first-order valence-electron chi connectivity index (χ1n) is 5.97. The largest absolute Gasteiger partial charge is 0.496 e. The predicted octanol–water partition coefficient (Wildman–Crippen LogP) is 1.74. The molecule has 1 aromatic carbocycles. The van der Waals surface area contributed by atoms with Crippen LogP contribution in [0.4, 0.5) is 0 Å². The van der Waals surface area contributed by atoms with Crippen LogP contribution in [0.15, 0.2) is 12.1 Å². The van der Waals surface area contributed by atoms with Crippen molar-refractivity contribution < 1.29 is 24.5 Å². The maximum atomic E-state index is 11.5. The first-order chi connectivity index (χ1) is 8.86. The Hall–Kier alpha value is -2.04. The van der Waals surface area contributed by atoms with E-state index in [1.165, 1.54) is 0 Å². The molecule has 0 heterocycles. The summed E-state index contributed by atoms with van der Waals surface area (Å²) in [7, 11) is 1.55. The van der Waals surface area contributed by atoms with Crippen molar-refractivity contribution in [1.82, 2.24) is 0 Å². The summed E-state index contributed by atoms with van der Waals surface area (Å²) in [6.45, 7) is 3.64. The molecule has 102 valence electrons. The second kappa shape index (κ2) is 4.26. The molecule has 1 aliphatic carbocycles. The number of hydrogen-bond acceptors (Lipinski definition) is 3. The van der Waals surface area contributed by atoms with Gasteiger partial charge in [-0.1, -0.05) is 6.07 Å². The van der Waals surface area contributed by atoms with E-state index in [0.29, 0.717) is 11.3 Å². The van der Waals surface area contributed by atoms with E-state index >= 15 is 0 Å². The Bertz CT molecular complexity index is 563. The third kappa shape index (κ3) is 1.77. The molecule has 2 N–H and O–H groups in total. The molecular weight excluding hydrogens is 248 g/mol. The van der Waals surface area contributed by atoms with Crippen molar-refractivity contribution in [2.75, 3.05) is 7.11 Å². The van der Waals surface area contributed by atoms with Crippen LogP contribution in [0, 0.1) is 19.8 Å². The highest BCUT2D eigenvalue weighted by atomic mass is 16.5. The molecule has 2 atom stereocenters. The van der Waals surface area contributed by atoms with Crippen molar-refractivity contribution in [3.8, 4) is 5.75 Å². The maximum absolute atomic E-state index is 11.5. The Morgan fingerprint density at radius 2 is 1.89 bits per heavy atom. The number of benzene rings is 1. The molecule has 0 radical (unpaired) electrons. The molecule has 2 unspecified atom stereocenters. The van der Waals surface area contributed by atoms with E-state index in [2.05, 4.69) is 0 Å². The average Bonchev–Trinajstić information content (AvgIpc) is 3.09. The Kier molecular flexibility index (Phi) is 3.00. The molecule has 1 saturated carbocycles. The molecular formula is C14H16O5. The molecule has 0 bridgehead atoms. The van der Waals surface area contributed by atoms with Crippen LogP contribution in [0.2, 0.25) is 0 Å². The van der Waals surface area contributed by atoms with Gasteiger partial charge in [0.25, 0.3) is 0 Å². The van der Waals surface area contributed by atoms with Gasteiger partial charge in [-0.2, -0.15) is 0 Å². The van der Waals surface area contributed by atoms with Crippen molar-refractivity contribution in [2.24, 2.45) is 5.92 Å². The highest BCUT2D eigenvalue weighted by Crippen LogP contribution is 2.56. The number of carbonyl (C=O) groups is 2. The minimum atomic E-state index is -1.28. The molecule has 5 heteroatoms. The van der Waals surface area contributed by atoms with Gasteiger partial charge in [0.1, 0.15) is 11.2 Å². The van der Waals surface area contributed by atoms with Crippen LogP contribution in [0.5, 0.6) is 5.75 Å². The van der Waals surface area contributed by atoms with E-state index in [4.69, 9.17) is 9.84 Å². The lowest BCUT2D eigenvalue weighted by Gasteiger charge is -2.18. The van der Waals surface area contributed by atoms with E-state index < -0.39 is 23.3 Å². The van der Waals surface area contributed by atoms with Gasteiger partial charge >= 0.3 is 11.9 Å². The van der Waals surface area contributed by atoms with E-state index in [1.54, 1.807) is 26.2 Å². The summed E-state index contributed by atoms with van der Waals surface area (Å²) in [5.41, 5.74) is 0.917. The lowest BCUT2D eigenvalue weighted by atomic mass is 9.87. The van der Waals surface area contributed by atoms with Crippen LogP contribution in [-0.4, -0.2) is 29.3 Å². The van der Waals surface area contributed by atoms with Gasteiger partial charge in [0, 0.05) is 0 Å². The van der Waals surface area contributed by atoms with Gasteiger partial charge in [-0.05, 0) is 43.0 Å². The van der Waals surface area contributed by atoms with E-state index in [0.717, 1.165) is 11.1 Å². The predicted molar refractivity (Wildman–Crippen MR) is 67.5 cm³/mol. The summed E-state index contributed by atoms with van der Waals surface area (Å²) < 4.78 is 5.18. The molecule has 1 aromatic rings. The first-order valence-corrected chi connectivity index (χ1v) is 5.97. The van der Waals surface area contributed by atoms with Crippen molar-refractivity contribution in [2.45, 2.75) is 25.7 Å². The molecule has 1 aliphatic rings. The van der Waals surface area contributed by atoms with E-state index in [1.807, 2.05) is 6.92 Å². The molecule has 0 saturated heterocycles. The summed E-state index contributed by atoms with van der Waals surface area (Å²) in [6, 6.07) is 3.36. The molecule has 0 amide bonds. The first kappa shape index (κ1) is 13.4. The minimum Gasteiger partial charge on any atom is -0.496 e. The van der Waals surface area contributed by atoms with Crippen LogP contribution in [-0.2, 0) is 15.0 Å². The topological polar surface area (TPSA) is 83.8 Å². The number of ether oxygens (including phenoxy) is 1. The summed E-state index contributed by atoms with van der Waals surface area (Å²) >= 11 is 0. The minimum absolute atomic E-state index is 0.143. The number of carboxylic acids is 2. The molecule has 1 fully saturated rings. The van der Waals surface area contributed by atoms with Crippen LogP contribution in [0.25, 0.3) is 0 Å².